The minimum atomic E-state index is -0.430. The molecule has 5 nitrogen and oxygen atoms in total. The lowest BCUT2D eigenvalue weighted by Gasteiger charge is -2.11. The molecule has 1 aromatic rings. The Morgan fingerprint density at radius 2 is 2.44 bits per heavy atom. The summed E-state index contributed by atoms with van der Waals surface area (Å²) < 4.78 is 5.04. The maximum absolute atomic E-state index is 11.9. The lowest BCUT2D eigenvalue weighted by Crippen LogP contribution is -2.35. The van der Waals surface area contributed by atoms with Crippen LogP contribution in [0, 0.1) is 0 Å². The normalized spacial score (nSPS) is 23.0. The second-order valence-corrected chi connectivity index (χ2v) is 4.47. The molecule has 2 atom stereocenters. The van der Waals surface area contributed by atoms with Gasteiger partial charge in [-0.2, -0.15) is 0 Å². The number of hydrogen-bond acceptors (Lipinski definition) is 4. The molecule has 1 saturated heterocycles. The van der Waals surface area contributed by atoms with Crippen LogP contribution >= 0.6 is 0 Å². The second kappa shape index (κ2) is 5.95. The van der Waals surface area contributed by atoms with Crippen molar-refractivity contribution in [3.63, 3.8) is 0 Å². The monoisotopic (exact) mass is 250 g/mol. The van der Waals surface area contributed by atoms with Crippen LogP contribution in [0.3, 0.4) is 0 Å². The van der Waals surface area contributed by atoms with Crippen LogP contribution in [0.1, 0.15) is 12.0 Å². The van der Waals surface area contributed by atoms with Crippen LogP contribution in [-0.4, -0.2) is 36.8 Å². The molecule has 0 aromatic heterocycles. The molecule has 1 heterocycles. The molecule has 0 radical (unpaired) electrons. The highest BCUT2D eigenvalue weighted by Crippen LogP contribution is 2.14. The van der Waals surface area contributed by atoms with E-state index < -0.39 is 6.10 Å². The predicted octanol–water partition coefficient (Wildman–Crippen LogP) is 0.494. The van der Waals surface area contributed by atoms with Gasteiger partial charge in [-0.3, -0.25) is 4.79 Å². The number of carbonyl (C=O) groups is 1. The third-order valence-corrected chi connectivity index (χ3v) is 2.93. The number of rotatable bonds is 4. The minimum absolute atomic E-state index is 0.110. The maximum atomic E-state index is 11.9. The maximum Gasteiger partial charge on any atom is 0.241 e. The molecule has 1 amide bonds. The van der Waals surface area contributed by atoms with Gasteiger partial charge in [0.15, 0.2) is 0 Å². The van der Waals surface area contributed by atoms with Gasteiger partial charge in [-0.25, -0.2) is 0 Å². The van der Waals surface area contributed by atoms with Crippen LogP contribution in [0.2, 0.25) is 0 Å². The van der Waals surface area contributed by atoms with E-state index in [4.69, 9.17) is 4.74 Å². The average molecular weight is 250 g/mol. The summed E-state index contributed by atoms with van der Waals surface area (Å²) in [5.41, 5.74) is 1.76. The van der Waals surface area contributed by atoms with E-state index in [0.29, 0.717) is 19.6 Å². The van der Waals surface area contributed by atoms with Crippen LogP contribution in [0.4, 0.5) is 5.69 Å². The fraction of sp³-hybridized carbons (Fsp3) is 0.462. The molecule has 1 aliphatic rings. The Morgan fingerprint density at radius 3 is 3.11 bits per heavy atom. The van der Waals surface area contributed by atoms with Gasteiger partial charge < -0.3 is 20.5 Å². The zero-order chi connectivity index (χ0) is 13.0. The lowest BCUT2D eigenvalue weighted by molar-refractivity contribution is -0.117. The number of aliphatic hydroxyl groups excluding tert-OH is 1. The smallest absolute Gasteiger partial charge is 0.241 e. The number of hydrogen-bond donors (Lipinski definition) is 3. The van der Waals surface area contributed by atoms with E-state index in [2.05, 4.69) is 10.6 Å². The Hall–Kier alpha value is -1.43. The van der Waals surface area contributed by atoms with Gasteiger partial charge in [-0.05, 0) is 24.1 Å². The number of carbonyl (C=O) groups excluding carboxylic acids is 1. The van der Waals surface area contributed by atoms with Crippen LogP contribution in [0.25, 0.3) is 0 Å². The molecule has 0 saturated carbocycles. The van der Waals surface area contributed by atoms with Crippen molar-refractivity contribution in [3.05, 3.63) is 29.8 Å². The number of β-amino-alcohol motifs (C(OH)–C–C–N with tert-alkyl or cyclic N) is 1. The van der Waals surface area contributed by atoms with Gasteiger partial charge in [0.05, 0.1) is 18.8 Å². The highest BCUT2D eigenvalue weighted by atomic mass is 16.5. The van der Waals surface area contributed by atoms with Crippen molar-refractivity contribution in [3.8, 4) is 0 Å². The van der Waals surface area contributed by atoms with E-state index in [1.54, 1.807) is 7.11 Å². The number of amides is 1. The number of methoxy groups -OCH3 is 1. The van der Waals surface area contributed by atoms with E-state index in [-0.39, 0.29) is 11.9 Å². The summed E-state index contributed by atoms with van der Waals surface area (Å²) in [4.78, 5) is 11.9. The molecule has 0 aliphatic carbocycles. The van der Waals surface area contributed by atoms with E-state index in [1.165, 1.54) is 0 Å². The molecule has 5 heteroatoms. The van der Waals surface area contributed by atoms with Crippen LogP contribution < -0.4 is 10.6 Å². The molecule has 3 N–H and O–H groups in total. The summed E-state index contributed by atoms with van der Waals surface area (Å²) in [5.74, 6) is -0.110. The van der Waals surface area contributed by atoms with Crippen LogP contribution in [-0.2, 0) is 16.1 Å². The molecule has 1 aromatic carbocycles. The number of aliphatic hydroxyl groups is 1. The van der Waals surface area contributed by atoms with Crippen molar-refractivity contribution in [2.45, 2.75) is 25.2 Å². The zero-order valence-corrected chi connectivity index (χ0v) is 10.3. The molecular formula is C13H18N2O3. The highest BCUT2D eigenvalue weighted by molar-refractivity contribution is 5.95. The molecule has 1 aliphatic heterocycles. The highest BCUT2D eigenvalue weighted by Gasteiger charge is 2.27. The summed E-state index contributed by atoms with van der Waals surface area (Å²) >= 11 is 0. The molecule has 0 spiro atoms. The molecular weight excluding hydrogens is 232 g/mol. The zero-order valence-electron chi connectivity index (χ0n) is 10.3. The van der Waals surface area contributed by atoms with Gasteiger partial charge in [0.2, 0.25) is 5.91 Å². The molecule has 18 heavy (non-hydrogen) atoms. The third kappa shape index (κ3) is 3.29. The van der Waals surface area contributed by atoms with Crippen molar-refractivity contribution in [1.29, 1.82) is 0 Å². The first-order chi connectivity index (χ1) is 8.69. The Bertz CT molecular complexity index is 422. The van der Waals surface area contributed by atoms with Gasteiger partial charge in [-0.15, -0.1) is 0 Å². The topological polar surface area (TPSA) is 70.6 Å². The van der Waals surface area contributed by atoms with Crippen molar-refractivity contribution >= 4 is 11.6 Å². The van der Waals surface area contributed by atoms with Gasteiger partial charge >= 0.3 is 0 Å². The SMILES string of the molecule is COCc1cccc(NC(=O)C2CC(O)CN2)c1. The van der Waals surface area contributed by atoms with Gasteiger partial charge in [0.1, 0.15) is 0 Å². The molecule has 98 valence electrons. The fourth-order valence-electron chi connectivity index (χ4n) is 2.05. The van der Waals surface area contributed by atoms with Crippen molar-refractivity contribution in [2.75, 3.05) is 19.0 Å². The summed E-state index contributed by atoms with van der Waals surface area (Å²) in [6, 6.07) is 7.22. The van der Waals surface area contributed by atoms with Crippen molar-refractivity contribution in [2.24, 2.45) is 0 Å². The summed E-state index contributed by atoms with van der Waals surface area (Å²) in [6.45, 7) is 0.992. The standard InChI is InChI=1S/C13H18N2O3/c1-18-8-9-3-2-4-10(5-9)15-13(17)12-6-11(16)7-14-12/h2-5,11-12,14,16H,6-8H2,1H3,(H,15,17). The number of benzene rings is 1. The largest absolute Gasteiger partial charge is 0.392 e. The van der Waals surface area contributed by atoms with Gasteiger partial charge in [-0.1, -0.05) is 12.1 Å². The average Bonchev–Trinajstić information content (AvgIpc) is 2.77. The first-order valence-electron chi connectivity index (χ1n) is 5.99. The third-order valence-electron chi connectivity index (χ3n) is 2.93. The second-order valence-electron chi connectivity index (χ2n) is 4.47. The van der Waals surface area contributed by atoms with Crippen LogP contribution in [0.15, 0.2) is 24.3 Å². The molecule has 1 fully saturated rings. The number of nitrogens with one attached hydrogen (secondary N) is 2. The van der Waals surface area contributed by atoms with Crippen LogP contribution in [0.5, 0.6) is 0 Å². The minimum Gasteiger partial charge on any atom is -0.392 e. The first-order valence-corrected chi connectivity index (χ1v) is 5.99. The van der Waals surface area contributed by atoms with E-state index >= 15 is 0 Å². The van der Waals surface area contributed by atoms with Gasteiger partial charge in [0.25, 0.3) is 0 Å². The Morgan fingerprint density at radius 1 is 1.61 bits per heavy atom. The quantitative estimate of drug-likeness (QED) is 0.727. The first kappa shape index (κ1) is 13.0. The van der Waals surface area contributed by atoms with E-state index in [1.807, 2.05) is 24.3 Å². The Labute approximate surface area is 106 Å². The molecule has 2 unspecified atom stereocenters. The fourth-order valence-corrected chi connectivity index (χ4v) is 2.05. The summed E-state index contributed by atoms with van der Waals surface area (Å²) in [7, 11) is 1.63. The van der Waals surface area contributed by atoms with E-state index in [9.17, 15) is 9.90 Å². The Balaban J connectivity index is 1.96. The predicted molar refractivity (Wildman–Crippen MR) is 68.2 cm³/mol. The van der Waals surface area contributed by atoms with E-state index in [0.717, 1.165) is 11.3 Å². The molecule has 2 rings (SSSR count). The molecule has 0 bridgehead atoms. The number of ether oxygens (including phenoxy) is 1. The summed E-state index contributed by atoms with van der Waals surface area (Å²) in [5, 5.41) is 15.2. The van der Waals surface area contributed by atoms with Crippen molar-refractivity contribution < 1.29 is 14.6 Å². The number of anilines is 1. The lowest BCUT2D eigenvalue weighted by atomic mass is 10.1. The Kier molecular flexibility index (Phi) is 4.30. The summed E-state index contributed by atoms with van der Waals surface area (Å²) in [6.07, 6.45) is 0.0319. The van der Waals surface area contributed by atoms with Crippen molar-refractivity contribution in [1.82, 2.24) is 5.32 Å². The van der Waals surface area contributed by atoms with Gasteiger partial charge in [0, 0.05) is 19.3 Å².